The molecule has 41 heavy (non-hydrogen) atoms. The van der Waals surface area contributed by atoms with E-state index in [-0.39, 0.29) is 36.2 Å². The highest BCUT2D eigenvalue weighted by Crippen LogP contribution is 2.32. The number of carbonyl (C=O) groups excluding carboxylic acids is 2. The quantitative estimate of drug-likeness (QED) is 0.366. The summed E-state index contributed by atoms with van der Waals surface area (Å²) < 4.78 is 67.5. The summed E-state index contributed by atoms with van der Waals surface area (Å²) in [6.07, 6.45) is -3.49. The fourth-order valence-electron chi connectivity index (χ4n) is 5.13. The standard InChI is InChI=1S/C28H32ClF5N4O3/c29-19-4-8-22(23(15-19)38-13-11-37(12-14-38)10-9-28(32,33)34)36-27(41)21-7-3-18(24(30)25(21)31)16-35-26(40)17-1-5-20(39)6-2-17/h3-4,7-8,15,17,20,39H,1-2,5-6,9-14,16H2,(H,35,40)(H,36,41). The van der Waals surface area contributed by atoms with Crippen LogP contribution in [0.2, 0.25) is 5.02 Å². The number of hydrogen-bond donors (Lipinski definition) is 3. The summed E-state index contributed by atoms with van der Waals surface area (Å²) in [4.78, 5) is 28.9. The number of rotatable bonds is 8. The van der Waals surface area contributed by atoms with Gasteiger partial charge >= 0.3 is 6.18 Å². The van der Waals surface area contributed by atoms with Gasteiger partial charge < -0.3 is 20.6 Å². The van der Waals surface area contributed by atoms with Gasteiger partial charge in [-0.1, -0.05) is 17.7 Å². The van der Waals surface area contributed by atoms with Crippen LogP contribution in [-0.4, -0.2) is 66.8 Å². The number of halogens is 6. The van der Waals surface area contributed by atoms with Crippen molar-refractivity contribution < 1.29 is 36.6 Å². The topological polar surface area (TPSA) is 84.9 Å². The minimum absolute atomic E-state index is 0.105. The Balaban J connectivity index is 1.39. The molecular weight excluding hydrogens is 571 g/mol. The number of hydrogen-bond acceptors (Lipinski definition) is 5. The van der Waals surface area contributed by atoms with Crippen LogP contribution in [0.15, 0.2) is 30.3 Å². The summed E-state index contributed by atoms with van der Waals surface area (Å²) in [5, 5.41) is 15.2. The van der Waals surface area contributed by atoms with Gasteiger partial charge in [0.15, 0.2) is 11.6 Å². The first-order valence-corrected chi connectivity index (χ1v) is 13.9. The fourth-order valence-corrected chi connectivity index (χ4v) is 5.29. The molecule has 2 aromatic rings. The van der Waals surface area contributed by atoms with Crippen molar-refractivity contribution in [1.82, 2.24) is 10.2 Å². The van der Waals surface area contributed by atoms with Crippen molar-refractivity contribution in [3.63, 3.8) is 0 Å². The number of benzene rings is 2. The molecule has 3 N–H and O–H groups in total. The van der Waals surface area contributed by atoms with Gasteiger partial charge in [-0.05, 0) is 49.9 Å². The molecule has 13 heteroatoms. The number of alkyl halides is 3. The van der Waals surface area contributed by atoms with Crippen LogP contribution >= 0.6 is 11.6 Å². The SMILES string of the molecule is O=C(Nc1ccc(Cl)cc1N1CCN(CCC(F)(F)F)CC1)c1ccc(CNC(=O)C2CCC(O)CC2)c(F)c1F. The van der Waals surface area contributed by atoms with E-state index in [1.54, 1.807) is 11.0 Å². The zero-order chi connectivity index (χ0) is 29.7. The smallest absolute Gasteiger partial charge is 0.390 e. The third kappa shape index (κ3) is 8.30. The molecule has 1 aliphatic carbocycles. The number of nitrogens with one attached hydrogen (secondary N) is 2. The van der Waals surface area contributed by atoms with E-state index in [2.05, 4.69) is 10.6 Å². The lowest BCUT2D eigenvalue weighted by atomic mass is 9.87. The van der Waals surface area contributed by atoms with E-state index in [9.17, 15) is 36.6 Å². The summed E-state index contributed by atoms with van der Waals surface area (Å²) in [5.41, 5.74) is 0.157. The third-order valence-corrected chi connectivity index (χ3v) is 7.80. The van der Waals surface area contributed by atoms with Crippen LogP contribution in [0.5, 0.6) is 0 Å². The van der Waals surface area contributed by atoms with Gasteiger partial charge in [0.1, 0.15) is 0 Å². The summed E-state index contributed by atoms with van der Waals surface area (Å²) in [6, 6.07) is 7.02. The van der Waals surface area contributed by atoms with Crippen LogP contribution in [0.25, 0.3) is 0 Å². The molecule has 2 fully saturated rings. The lowest BCUT2D eigenvalue weighted by Gasteiger charge is -2.37. The highest BCUT2D eigenvalue weighted by atomic mass is 35.5. The number of nitrogens with zero attached hydrogens (tertiary/aromatic N) is 2. The molecule has 2 aliphatic rings. The van der Waals surface area contributed by atoms with E-state index in [1.807, 2.05) is 4.90 Å². The fraction of sp³-hybridized carbons (Fsp3) is 0.500. The predicted molar refractivity (Wildman–Crippen MR) is 145 cm³/mol. The minimum Gasteiger partial charge on any atom is -0.393 e. The molecule has 1 saturated heterocycles. The van der Waals surface area contributed by atoms with Gasteiger partial charge in [-0.2, -0.15) is 13.2 Å². The van der Waals surface area contributed by atoms with E-state index in [0.29, 0.717) is 62.6 Å². The van der Waals surface area contributed by atoms with Crippen LogP contribution in [0.4, 0.5) is 33.3 Å². The number of aliphatic hydroxyl groups is 1. The largest absolute Gasteiger partial charge is 0.393 e. The zero-order valence-corrected chi connectivity index (χ0v) is 23.0. The van der Waals surface area contributed by atoms with Gasteiger partial charge in [0.25, 0.3) is 5.91 Å². The zero-order valence-electron chi connectivity index (χ0n) is 22.2. The molecule has 2 amide bonds. The predicted octanol–water partition coefficient (Wildman–Crippen LogP) is 5.11. The summed E-state index contributed by atoms with van der Waals surface area (Å²) in [7, 11) is 0. The van der Waals surface area contributed by atoms with Gasteiger partial charge in [-0.3, -0.25) is 14.5 Å². The van der Waals surface area contributed by atoms with E-state index in [0.717, 1.165) is 6.07 Å². The Morgan fingerprint density at radius 3 is 2.32 bits per heavy atom. The highest BCUT2D eigenvalue weighted by Gasteiger charge is 2.30. The van der Waals surface area contributed by atoms with Gasteiger partial charge in [-0.15, -0.1) is 0 Å². The summed E-state index contributed by atoms with van der Waals surface area (Å²) in [5.74, 6) is -4.10. The van der Waals surface area contributed by atoms with E-state index < -0.39 is 41.8 Å². The first-order chi connectivity index (χ1) is 19.4. The molecule has 1 aliphatic heterocycles. The Morgan fingerprint density at radius 2 is 1.66 bits per heavy atom. The molecule has 0 atom stereocenters. The molecule has 1 saturated carbocycles. The Morgan fingerprint density at radius 1 is 0.976 bits per heavy atom. The van der Waals surface area contributed by atoms with Crippen molar-refractivity contribution in [2.24, 2.45) is 5.92 Å². The van der Waals surface area contributed by atoms with Gasteiger partial charge in [-0.25, -0.2) is 8.78 Å². The molecule has 1 heterocycles. The van der Waals surface area contributed by atoms with Crippen LogP contribution in [0, 0.1) is 17.6 Å². The van der Waals surface area contributed by atoms with Crippen molar-refractivity contribution in [2.45, 2.75) is 50.9 Å². The molecule has 7 nitrogen and oxygen atoms in total. The maximum atomic E-state index is 15.0. The number of carbonyl (C=O) groups is 2. The molecular formula is C28H32ClF5N4O3. The molecule has 4 rings (SSSR count). The first-order valence-electron chi connectivity index (χ1n) is 13.5. The molecule has 0 bridgehead atoms. The Hall–Kier alpha value is -2.96. The van der Waals surface area contributed by atoms with Crippen molar-refractivity contribution in [3.8, 4) is 0 Å². The van der Waals surface area contributed by atoms with Gasteiger partial charge in [0.2, 0.25) is 5.91 Å². The lowest BCUT2D eigenvalue weighted by molar-refractivity contribution is -0.138. The summed E-state index contributed by atoms with van der Waals surface area (Å²) in [6.45, 7) is 1.15. The van der Waals surface area contributed by atoms with Crippen molar-refractivity contribution in [2.75, 3.05) is 42.9 Å². The van der Waals surface area contributed by atoms with Gasteiger partial charge in [0.05, 0.1) is 29.5 Å². The third-order valence-electron chi connectivity index (χ3n) is 7.56. The second-order valence-electron chi connectivity index (χ2n) is 10.4. The maximum Gasteiger partial charge on any atom is 0.390 e. The van der Waals surface area contributed by atoms with Crippen LogP contribution < -0.4 is 15.5 Å². The maximum absolute atomic E-state index is 15.0. The van der Waals surface area contributed by atoms with Crippen molar-refractivity contribution in [1.29, 1.82) is 0 Å². The van der Waals surface area contributed by atoms with E-state index in [4.69, 9.17) is 11.6 Å². The van der Waals surface area contributed by atoms with Crippen LogP contribution in [0.3, 0.4) is 0 Å². The Bertz CT molecular complexity index is 1250. The number of piperazine rings is 1. The average Bonchev–Trinajstić information content (AvgIpc) is 2.93. The number of aliphatic hydroxyl groups excluding tert-OH is 1. The Kier molecular flexibility index (Phi) is 10.1. The second kappa shape index (κ2) is 13.3. The first kappa shape index (κ1) is 31.0. The minimum atomic E-state index is -4.23. The number of anilines is 2. The molecule has 0 spiro atoms. The Labute approximate surface area is 239 Å². The second-order valence-corrected chi connectivity index (χ2v) is 10.9. The molecule has 0 unspecified atom stereocenters. The van der Waals surface area contributed by atoms with Gasteiger partial charge in [0, 0.05) is 55.8 Å². The van der Waals surface area contributed by atoms with E-state index >= 15 is 0 Å². The normalized spacial score (nSPS) is 20.1. The summed E-state index contributed by atoms with van der Waals surface area (Å²) >= 11 is 6.16. The monoisotopic (exact) mass is 602 g/mol. The average molecular weight is 603 g/mol. The van der Waals surface area contributed by atoms with E-state index in [1.165, 1.54) is 18.2 Å². The van der Waals surface area contributed by atoms with Crippen molar-refractivity contribution >= 4 is 34.8 Å². The molecule has 0 aromatic heterocycles. The molecule has 224 valence electrons. The molecule has 2 aromatic carbocycles. The van der Waals surface area contributed by atoms with Crippen molar-refractivity contribution in [3.05, 3.63) is 58.1 Å². The van der Waals surface area contributed by atoms with Crippen LogP contribution in [0.1, 0.15) is 48.0 Å². The molecule has 0 radical (unpaired) electrons. The van der Waals surface area contributed by atoms with Crippen LogP contribution in [-0.2, 0) is 11.3 Å². The highest BCUT2D eigenvalue weighted by molar-refractivity contribution is 6.31. The number of amides is 2. The lowest BCUT2D eigenvalue weighted by Crippen LogP contribution is -2.47.